The van der Waals surface area contributed by atoms with Gasteiger partial charge in [0.15, 0.2) is 0 Å². The Labute approximate surface area is 117 Å². The van der Waals surface area contributed by atoms with E-state index in [-0.39, 0.29) is 29.7 Å². The van der Waals surface area contributed by atoms with Crippen LogP contribution in [-0.2, 0) is 0 Å². The van der Waals surface area contributed by atoms with Gasteiger partial charge in [-0.15, -0.1) is 0 Å². The second-order valence-electron chi connectivity index (χ2n) is 5.24. The third-order valence-corrected chi connectivity index (χ3v) is 3.81. The molecule has 1 aliphatic rings. The molecule has 0 bridgehead atoms. The maximum Gasteiger partial charge on any atom is 0.257 e. The van der Waals surface area contributed by atoms with Crippen molar-refractivity contribution in [2.45, 2.75) is 38.6 Å². The minimum absolute atomic E-state index is 0.0411. The van der Waals surface area contributed by atoms with Crippen molar-refractivity contribution in [2.24, 2.45) is 0 Å². The first-order valence-electron chi connectivity index (χ1n) is 6.92. The van der Waals surface area contributed by atoms with Crippen molar-refractivity contribution in [2.75, 3.05) is 13.2 Å². The van der Waals surface area contributed by atoms with E-state index in [0.29, 0.717) is 19.4 Å². The maximum absolute atomic E-state index is 13.8. The molecule has 1 amide bonds. The van der Waals surface area contributed by atoms with Crippen molar-refractivity contribution in [3.8, 4) is 0 Å². The van der Waals surface area contributed by atoms with E-state index in [0.717, 1.165) is 18.9 Å². The molecule has 1 aliphatic heterocycles. The lowest BCUT2D eigenvalue weighted by Crippen LogP contribution is -2.36. The topological polar surface area (TPSA) is 40.5 Å². The summed E-state index contributed by atoms with van der Waals surface area (Å²) in [5, 5.41) is 8.87. The average molecular weight is 283 g/mol. The summed E-state index contributed by atoms with van der Waals surface area (Å²) in [6.07, 6.45) is 3.08. The smallest absolute Gasteiger partial charge is 0.257 e. The summed E-state index contributed by atoms with van der Waals surface area (Å²) in [5.41, 5.74) is 0.195. The van der Waals surface area contributed by atoms with Gasteiger partial charge in [-0.3, -0.25) is 4.79 Å². The van der Waals surface area contributed by atoms with E-state index in [2.05, 4.69) is 0 Å². The number of carbonyl (C=O) groups is 1. The SMILES string of the molecule is Cc1cc(C(=O)N2CCCC2CCCO)c(F)cc1F. The molecule has 0 spiro atoms. The monoisotopic (exact) mass is 283 g/mol. The summed E-state index contributed by atoms with van der Waals surface area (Å²) >= 11 is 0. The Morgan fingerprint density at radius 2 is 2.15 bits per heavy atom. The number of aryl methyl sites for hydroxylation is 1. The Balaban J connectivity index is 2.20. The molecule has 0 aromatic heterocycles. The zero-order valence-electron chi connectivity index (χ0n) is 11.5. The summed E-state index contributed by atoms with van der Waals surface area (Å²) in [4.78, 5) is 14.1. The lowest BCUT2D eigenvalue weighted by molar-refractivity contribution is 0.0719. The minimum atomic E-state index is -0.814. The van der Waals surface area contributed by atoms with Crippen molar-refractivity contribution in [3.63, 3.8) is 0 Å². The maximum atomic E-state index is 13.8. The fourth-order valence-corrected chi connectivity index (χ4v) is 2.71. The molecular formula is C15H19F2NO2. The van der Waals surface area contributed by atoms with Crippen LogP contribution in [-0.4, -0.2) is 35.1 Å². The van der Waals surface area contributed by atoms with Gasteiger partial charge < -0.3 is 10.0 Å². The second-order valence-corrected chi connectivity index (χ2v) is 5.24. The lowest BCUT2D eigenvalue weighted by Gasteiger charge is -2.25. The first kappa shape index (κ1) is 14.9. The Morgan fingerprint density at radius 1 is 1.40 bits per heavy atom. The van der Waals surface area contributed by atoms with E-state index >= 15 is 0 Å². The summed E-state index contributed by atoms with van der Waals surface area (Å²) in [7, 11) is 0. The van der Waals surface area contributed by atoms with E-state index in [9.17, 15) is 13.6 Å². The highest BCUT2D eigenvalue weighted by molar-refractivity contribution is 5.95. The molecule has 1 atom stereocenters. The van der Waals surface area contributed by atoms with Crippen LogP contribution in [0.3, 0.4) is 0 Å². The lowest BCUT2D eigenvalue weighted by atomic mass is 10.1. The number of rotatable bonds is 4. The Hall–Kier alpha value is -1.49. The van der Waals surface area contributed by atoms with E-state index in [1.807, 2.05) is 0 Å². The summed E-state index contributed by atoms with van der Waals surface area (Å²) < 4.78 is 27.0. The van der Waals surface area contributed by atoms with Crippen LogP contribution in [0.2, 0.25) is 0 Å². The van der Waals surface area contributed by atoms with Gasteiger partial charge in [-0.25, -0.2) is 8.78 Å². The number of likely N-dealkylation sites (tertiary alicyclic amines) is 1. The molecule has 0 radical (unpaired) electrons. The van der Waals surface area contributed by atoms with Gasteiger partial charge in [-0.1, -0.05) is 0 Å². The molecule has 0 aliphatic carbocycles. The van der Waals surface area contributed by atoms with Gasteiger partial charge >= 0.3 is 0 Å². The van der Waals surface area contributed by atoms with E-state index < -0.39 is 11.6 Å². The third kappa shape index (κ3) is 2.98. The van der Waals surface area contributed by atoms with Crippen LogP contribution < -0.4 is 0 Å². The number of aliphatic hydroxyl groups is 1. The molecule has 1 saturated heterocycles. The fourth-order valence-electron chi connectivity index (χ4n) is 2.71. The summed E-state index contributed by atoms with van der Waals surface area (Å²) in [6.45, 7) is 2.19. The molecular weight excluding hydrogens is 264 g/mol. The first-order chi connectivity index (χ1) is 9.54. The van der Waals surface area contributed by atoms with Gasteiger partial charge in [-0.05, 0) is 44.2 Å². The van der Waals surface area contributed by atoms with Crippen molar-refractivity contribution >= 4 is 5.91 Å². The van der Waals surface area contributed by atoms with Crippen molar-refractivity contribution in [1.29, 1.82) is 0 Å². The number of nitrogens with zero attached hydrogens (tertiary/aromatic N) is 1. The van der Waals surface area contributed by atoms with Gasteiger partial charge in [0.1, 0.15) is 11.6 Å². The number of amides is 1. The molecule has 110 valence electrons. The van der Waals surface area contributed by atoms with Gasteiger partial charge in [0.2, 0.25) is 0 Å². The Kier molecular flexibility index (Phi) is 4.70. The molecule has 1 fully saturated rings. The molecule has 1 aromatic carbocycles. The Bertz CT molecular complexity index is 505. The highest BCUT2D eigenvalue weighted by Gasteiger charge is 2.30. The van der Waals surface area contributed by atoms with Crippen LogP contribution in [0.1, 0.15) is 41.6 Å². The third-order valence-electron chi connectivity index (χ3n) is 3.81. The van der Waals surface area contributed by atoms with Crippen molar-refractivity contribution in [3.05, 3.63) is 34.9 Å². The summed E-state index contributed by atoms with van der Waals surface area (Å²) in [6, 6.07) is 2.08. The van der Waals surface area contributed by atoms with Gasteiger partial charge in [-0.2, -0.15) is 0 Å². The predicted molar refractivity (Wildman–Crippen MR) is 71.5 cm³/mol. The highest BCUT2D eigenvalue weighted by atomic mass is 19.1. The molecule has 1 unspecified atom stereocenters. The molecule has 20 heavy (non-hydrogen) atoms. The molecule has 1 N–H and O–H groups in total. The predicted octanol–water partition coefficient (Wildman–Crippen LogP) is 2.65. The van der Waals surface area contributed by atoms with Crippen LogP contribution in [0.4, 0.5) is 8.78 Å². The van der Waals surface area contributed by atoms with Gasteiger partial charge in [0, 0.05) is 25.3 Å². The fraction of sp³-hybridized carbons (Fsp3) is 0.533. The standard InChI is InChI=1S/C15H19F2NO2/c1-10-8-12(14(17)9-13(10)16)15(20)18-6-2-4-11(18)5-3-7-19/h8-9,11,19H,2-7H2,1H3. The summed E-state index contributed by atoms with van der Waals surface area (Å²) in [5.74, 6) is -1.84. The van der Waals surface area contributed by atoms with Gasteiger partial charge in [0.05, 0.1) is 5.56 Å². The molecule has 5 heteroatoms. The van der Waals surface area contributed by atoms with Gasteiger partial charge in [0.25, 0.3) is 5.91 Å². The van der Waals surface area contributed by atoms with E-state index in [1.54, 1.807) is 4.90 Å². The van der Waals surface area contributed by atoms with Crippen LogP contribution >= 0.6 is 0 Å². The zero-order chi connectivity index (χ0) is 14.7. The first-order valence-corrected chi connectivity index (χ1v) is 6.92. The number of halogens is 2. The quantitative estimate of drug-likeness (QED) is 0.923. The Morgan fingerprint density at radius 3 is 2.85 bits per heavy atom. The molecule has 1 heterocycles. The van der Waals surface area contributed by atoms with Crippen LogP contribution in [0.25, 0.3) is 0 Å². The number of hydrogen-bond donors (Lipinski definition) is 1. The largest absolute Gasteiger partial charge is 0.396 e. The van der Waals surface area contributed by atoms with Crippen LogP contribution in [0.5, 0.6) is 0 Å². The normalized spacial score (nSPS) is 18.6. The number of carbonyl (C=O) groups excluding carboxylic acids is 1. The number of aliphatic hydroxyl groups excluding tert-OH is 1. The van der Waals surface area contributed by atoms with Crippen molar-refractivity contribution in [1.82, 2.24) is 4.90 Å². The molecule has 1 aromatic rings. The van der Waals surface area contributed by atoms with Crippen LogP contribution in [0.15, 0.2) is 12.1 Å². The number of hydrogen-bond acceptors (Lipinski definition) is 2. The average Bonchev–Trinajstić information content (AvgIpc) is 2.88. The highest BCUT2D eigenvalue weighted by Crippen LogP contribution is 2.25. The van der Waals surface area contributed by atoms with E-state index in [4.69, 9.17) is 5.11 Å². The zero-order valence-corrected chi connectivity index (χ0v) is 11.5. The van der Waals surface area contributed by atoms with Crippen molar-refractivity contribution < 1.29 is 18.7 Å². The molecule has 0 saturated carbocycles. The molecule has 3 nitrogen and oxygen atoms in total. The second kappa shape index (κ2) is 6.31. The minimum Gasteiger partial charge on any atom is -0.396 e. The van der Waals surface area contributed by atoms with E-state index in [1.165, 1.54) is 13.0 Å². The van der Waals surface area contributed by atoms with Crippen LogP contribution in [0, 0.1) is 18.6 Å². The molecule has 2 rings (SSSR count). The number of benzene rings is 1.